The number of anilines is 1. The van der Waals surface area contributed by atoms with Crippen LogP contribution in [0.15, 0.2) is 40.5 Å². The Labute approximate surface area is 139 Å². The van der Waals surface area contributed by atoms with E-state index in [9.17, 15) is 21.6 Å². The van der Waals surface area contributed by atoms with Gasteiger partial charge in [-0.2, -0.15) is 13.2 Å². The van der Waals surface area contributed by atoms with Crippen molar-refractivity contribution < 1.29 is 26.3 Å². The minimum absolute atomic E-state index is 0.0411. The Morgan fingerprint density at radius 1 is 1.43 bits per heavy atom. The molecular formula is C13H12BrF3N2O3S. The van der Waals surface area contributed by atoms with E-state index in [1.165, 1.54) is 31.5 Å². The first-order valence-corrected chi connectivity index (χ1v) is 8.64. The molecule has 1 N–H and O–H groups in total. The average Bonchev–Trinajstić information content (AvgIpc) is 2.46. The van der Waals surface area contributed by atoms with Gasteiger partial charge in [-0.05, 0) is 28.4 Å². The van der Waals surface area contributed by atoms with Gasteiger partial charge < -0.3 is 4.74 Å². The van der Waals surface area contributed by atoms with Gasteiger partial charge >= 0.3 is 6.18 Å². The molecule has 0 saturated carbocycles. The number of methoxy groups -OCH3 is 1. The van der Waals surface area contributed by atoms with Crippen LogP contribution >= 0.6 is 15.9 Å². The minimum atomic E-state index is -4.73. The molecule has 126 valence electrons. The fourth-order valence-corrected chi connectivity index (χ4v) is 3.90. The lowest BCUT2D eigenvalue weighted by Gasteiger charge is -2.24. The zero-order valence-corrected chi connectivity index (χ0v) is 14.2. The third-order valence-corrected chi connectivity index (χ3v) is 5.21. The van der Waals surface area contributed by atoms with Crippen LogP contribution in [0.4, 0.5) is 18.9 Å². The number of nitrogens with one attached hydrogen (secondary N) is 1. The summed E-state index contributed by atoms with van der Waals surface area (Å²) in [4.78, 5) is 3.85. The van der Waals surface area contributed by atoms with Gasteiger partial charge in [0.05, 0.1) is 12.7 Å². The maximum Gasteiger partial charge on any atom is 0.414 e. The number of aromatic nitrogens is 1. The molecule has 10 heteroatoms. The van der Waals surface area contributed by atoms with E-state index in [1.807, 2.05) is 0 Å². The molecule has 0 aliphatic heterocycles. The molecule has 0 bridgehead atoms. The van der Waals surface area contributed by atoms with Crippen molar-refractivity contribution in [2.24, 2.45) is 0 Å². The first kappa shape index (κ1) is 17.8. The number of halogens is 4. The largest absolute Gasteiger partial charge is 0.479 e. The lowest BCUT2D eigenvalue weighted by molar-refractivity contribution is -0.0936. The molecule has 23 heavy (non-hydrogen) atoms. The maximum atomic E-state index is 13.0. The van der Waals surface area contributed by atoms with Crippen molar-refractivity contribution >= 4 is 31.6 Å². The van der Waals surface area contributed by atoms with Crippen molar-refractivity contribution in [1.82, 2.24) is 4.98 Å². The van der Waals surface area contributed by atoms with Crippen molar-refractivity contribution in [2.45, 2.75) is 17.8 Å². The Morgan fingerprint density at radius 2 is 2.13 bits per heavy atom. The van der Waals surface area contributed by atoms with Gasteiger partial charge in [-0.1, -0.05) is 18.2 Å². The minimum Gasteiger partial charge on any atom is -0.479 e. The van der Waals surface area contributed by atoms with E-state index in [0.717, 1.165) is 6.08 Å². The second-order valence-electron chi connectivity index (χ2n) is 4.63. The first-order valence-electron chi connectivity index (χ1n) is 6.30. The molecule has 1 atom stereocenters. The Hall–Kier alpha value is -1.55. The van der Waals surface area contributed by atoms with Crippen LogP contribution in [0.1, 0.15) is 6.42 Å². The normalized spacial score (nSPS) is 18.5. The van der Waals surface area contributed by atoms with Crippen LogP contribution in [0, 0.1) is 0 Å². The number of allylic oxidation sites excluding steroid dienone is 3. The molecule has 0 fully saturated rings. The zero-order valence-electron chi connectivity index (χ0n) is 11.8. The summed E-state index contributed by atoms with van der Waals surface area (Å²) >= 11 is 3.12. The van der Waals surface area contributed by atoms with Gasteiger partial charge in [0.2, 0.25) is 15.9 Å². The van der Waals surface area contributed by atoms with Gasteiger partial charge in [0.1, 0.15) is 10.9 Å². The fraction of sp³-hybridized carbons (Fsp3) is 0.308. The molecular weight excluding hydrogens is 401 g/mol. The number of ether oxygens (including phenoxy) is 1. The van der Waals surface area contributed by atoms with Crippen molar-refractivity contribution in [3.05, 3.63) is 40.5 Å². The van der Waals surface area contributed by atoms with E-state index in [2.05, 4.69) is 25.6 Å². The fourth-order valence-electron chi connectivity index (χ4n) is 2.07. The summed E-state index contributed by atoms with van der Waals surface area (Å²) in [6, 6.07) is 1.36. The monoisotopic (exact) mass is 412 g/mol. The number of nitrogens with zero attached hydrogens (tertiary/aromatic N) is 1. The topological polar surface area (TPSA) is 68.3 Å². The maximum absolute atomic E-state index is 13.0. The quantitative estimate of drug-likeness (QED) is 0.822. The molecule has 1 aromatic heterocycles. The number of rotatable bonds is 4. The number of hydrogen-bond acceptors (Lipinski definition) is 4. The van der Waals surface area contributed by atoms with Gasteiger partial charge in [-0.3, -0.25) is 4.72 Å². The van der Waals surface area contributed by atoms with Crippen LogP contribution in [-0.4, -0.2) is 31.9 Å². The molecule has 2 rings (SSSR count). The molecule has 0 amide bonds. The number of sulfonamides is 1. The van der Waals surface area contributed by atoms with Crippen LogP contribution < -0.4 is 9.46 Å². The predicted molar refractivity (Wildman–Crippen MR) is 82.7 cm³/mol. The molecule has 0 saturated heterocycles. The summed E-state index contributed by atoms with van der Waals surface area (Å²) in [7, 11) is -3.07. The molecule has 0 radical (unpaired) electrons. The van der Waals surface area contributed by atoms with Gasteiger partial charge in [0, 0.05) is 10.7 Å². The Morgan fingerprint density at radius 3 is 2.74 bits per heavy atom. The van der Waals surface area contributed by atoms with Gasteiger partial charge in [-0.25, -0.2) is 13.4 Å². The van der Waals surface area contributed by atoms with Crippen molar-refractivity contribution in [1.29, 1.82) is 0 Å². The summed E-state index contributed by atoms with van der Waals surface area (Å²) in [6.07, 6.45) is -0.301. The Kier molecular flexibility index (Phi) is 5.04. The van der Waals surface area contributed by atoms with Crippen LogP contribution in [-0.2, 0) is 10.0 Å². The Balaban J connectivity index is 2.38. The summed E-state index contributed by atoms with van der Waals surface area (Å²) in [5.41, 5.74) is -1.16. The molecule has 0 aromatic carbocycles. The average molecular weight is 413 g/mol. The summed E-state index contributed by atoms with van der Waals surface area (Å²) in [5, 5.41) is -1.74. The van der Waals surface area contributed by atoms with E-state index in [4.69, 9.17) is 4.74 Å². The van der Waals surface area contributed by atoms with E-state index < -0.39 is 27.0 Å². The second-order valence-corrected chi connectivity index (χ2v) is 7.41. The molecule has 5 nitrogen and oxygen atoms in total. The van der Waals surface area contributed by atoms with E-state index in [-0.39, 0.29) is 18.0 Å². The van der Waals surface area contributed by atoms with Crippen molar-refractivity contribution in [2.75, 3.05) is 11.8 Å². The van der Waals surface area contributed by atoms with Crippen LogP contribution in [0.5, 0.6) is 5.88 Å². The highest BCUT2D eigenvalue weighted by molar-refractivity contribution is 9.10. The highest BCUT2D eigenvalue weighted by atomic mass is 79.9. The smallest absolute Gasteiger partial charge is 0.414 e. The van der Waals surface area contributed by atoms with E-state index in [0.29, 0.717) is 4.47 Å². The third-order valence-electron chi connectivity index (χ3n) is 3.07. The standard InChI is InChI=1S/C13H12BrF3N2O3S/c1-22-12-10(6-8(14)7-18-12)19-23(20,21)11-5-3-2-4-9(11)13(15,16)17/h2-4,6-7,11,19H,5H2,1H3. The highest BCUT2D eigenvalue weighted by Gasteiger charge is 2.44. The molecule has 1 aromatic rings. The van der Waals surface area contributed by atoms with Gasteiger partial charge in [-0.15, -0.1) is 0 Å². The molecule has 1 heterocycles. The second kappa shape index (κ2) is 6.52. The third kappa shape index (κ3) is 4.05. The van der Waals surface area contributed by atoms with E-state index in [1.54, 1.807) is 0 Å². The van der Waals surface area contributed by atoms with Crippen molar-refractivity contribution in [3.63, 3.8) is 0 Å². The van der Waals surface area contributed by atoms with E-state index >= 15 is 0 Å². The number of hydrogen-bond donors (Lipinski definition) is 1. The summed E-state index contributed by atoms with van der Waals surface area (Å²) in [6.45, 7) is 0. The summed E-state index contributed by atoms with van der Waals surface area (Å²) in [5.74, 6) is -0.0411. The van der Waals surface area contributed by atoms with Crippen molar-refractivity contribution in [3.8, 4) is 5.88 Å². The van der Waals surface area contributed by atoms with Crippen LogP contribution in [0.2, 0.25) is 0 Å². The lowest BCUT2D eigenvalue weighted by atomic mass is 10.0. The Bertz CT molecular complexity index is 760. The molecule has 1 unspecified atom stereocenters. The molecule has 0 spiro atoms. The van der Waals surface area contributed by atoms with Gasteiger partial charge in [0.15, 0.2) is 0 Å². The molecule has 1 aliphatic rings. The first-order chi connectivity index (χ1) is 10.6. The number of alkyl halides is 3. The summed E-state index contributed by atoms with van der Waals surface area (Å²) < 4.78 is 71.4. The lowest BCUT2D eigenvalue weighted by Crippen LogP contribution is -2.35. The van der Waals surface area contributed by atoms with Crippen LogP contribution in [0.25, 0.3) is 0 Å². The zero-order chi connectivity index (χ0) is 17.3. The number of pyridine rings is 1. The molecule has 1 aliphatic carbocycles. The predicted octanol–water partition coefficient (Wildman–Crippen LogP) is 3.41. The van der Waals surface area contributed by atoms with Crippen LogP contribution in [0.3, 0.4) is 0 Å². The SMILES string of the molecule is COc1ncc(Br)cc1NS(=O)(=O)C1CC=CC=C1C(F)(F)F. The van der Waals surface area contributed by atoms with Gasteiger partial charge in [0.25, 0.3) is 0 Å². The highest BCUT2D eigenvalue weighted by Crippen LogP contribution is 2.36.